The Labute approximate surface area is 357 Å². The number of nitrogens with zero attached hydrogens (tertiary/aromatic N) is 7. The molecule has 8 N–H and O–H groups in total. The minimum absolute atomic E-state index is 0.0136. The van der Waals surface area contributed by atoms with Crippen LogP contribution in [0, 0.1) is 20.8 Å². The van der Waals surface area contributed by atoms with Gasteiger partial charge in [0.2, 0.25) is 17.2 Å². The van der Waals surface area contributed by atoms with E-state index in [0.29, 0.717) is 16.9 Å². The molecule has 0 unspecified atom stereocenters. The summed E-state index contributed by atoms with van der Waals surface area (Å²) >= 11 is 6.18. The molecule has 318 valence electrons. The molecule has 0 saturated carbocycles. The third-order valence-corrected chi connectivity index (χ3v) is 12.1. The summed E-state index contributed by atoms with van der Waals surface area (Å²) in [7, 11) is -15.0. The lowest BCUT2D eigenvalue weighted by Crippen LogP contribution is -2.04. The topological polar surface area (TPSA) is 322 Å². The van der Waals surface area contributed by atoms with Crippen LogP contribution in [0.4, 0.5) is 51.7 Å². The smallest absolute Gasteiger partial charge is 0.297 e. The van der Waals surface area contributed by atoms with Crippen molar-refractivity contribution < 1.29 is 44.0 Å². The van der Waals surface area contributed by atoms with E-state index in [1.807, 2.05) is 31.2 Å². The van der Waals surface area contributed by atoms with E-state index in [-0.39, 0.29) is 55.7 Å². The van der Waals surface area contributed by atoms with Gasteiger partial charge in [-0.1, -0.05) is 42.0 Å². The Morgan fingerprint density at radius 3 is 1.87 bits per heavy atom. The van der Waals surface area contributed by atoms with Crippen LogP contribution < -0.4 is 16.4 Å². The number of azo groups is 2. The molecule has 1 heterocycles. The molecule has 0 spiro atoms. The van der Waals surface area contributed by atoms with Gasteiger partial charge in [-0.2, -0.15) is 45.3 Å². The molecule has 24 heteroatoms. The van der Waals surface area contributed by atoms with Crippen molar-refractivity contribution in [2.24, 2.45) is 20.5 Å². The molecule has 0 fully saturated rings. The van der Waals surface area contributed by atoms with Crippen molar-refractivity contribution in [3.8, 4) is 5.75 Å². The van der Waals surface area contributed by atoms with Gasteiger partial charge in [0.1, 0.15) is 31.7 Å². The van der Waals surface area contributed by atoms with Crippen LogP contribution in [0.15, 0.2) is 120 Å². The lowest BCUT2D eigenvalue weighted by atomic mass is 10.0. The highest BCUT2D eigenvalue weighted by molar-refractivity contribution is 7.86. The van der Waals surface area contributed by atoms with Gasteiger partial charge < -0.3 is 21.5 Å². The van der Waals surface area contributed by atoms with Gasteiger partial charge in [-0.3, -0.25) is 13.7 Å². The SMILES string of the molecule is Cc1ccc(Nc2nc(Cl)nc(Nc3ccc(C)c(N=Nc4c(S(=O)(=O)O)cc5cc(C)c(N=Nc6ccc7c(S(=O)(=O)O)cccc7c6S(=O)(=O)O)c(O)c5c4N)c3)n2)cc1. The summed E-state index contributed by atoms with van der Waals surface area (Å²) in [6, 6.07) is 20.2. The van der Waals surface area contributed by atoms with E-state index in [2.05, 4.69) is 46.0 Å². The van der Waals surface area contributed by atoms with Gasteiger partial charge in [-0.15, -0.1) is 15.3 Å². The lowest BCUT2D eigenvalue weighted by Gasteiger charge is -2.14. The van der Waals surface area contributed by atoms with Gasteiger partial charge in [-0.05, 0) is 97.4 Å². The van der Waals surface area contributed by atoms with E-state index in [9.17, 15) is 44.0 Å². The summed E-state index contributed by atoms with van der Waals surface area (Å²) in [6.45, 7) is 5.09. The predicted molar refractivity (Wildman–Crippen MR) is 230 cm³/mol. The van der Waals surface area contributed by atoms with Gasteiger partial charge in [0, 0.05) is 22.1 Å². The zero-order chi connectivity index (χ0) is 44.9. The van der Waals surface area contributed by atoms with Crippen molar-refractivity contribution >= 4 is 115 Å². The first kappa shape index (κ1) is 43.4. The Morgan fingerprint density at radius 1 is 0.613 bits per heavy atom. The third-order valence-electron chi connectivity index (χ3n) is 9.20. The fourth-order valence-electron chi connectivity index (χ4n) is 6.32. The molecule has 7 rings (SSSR count). The van der Waals surface area contributed by atoms with Crippen molar-refractivity contribution in [3.05, 3.63) is 107 Å². The first-order valence-electron chi connectivity index (χ1n) is 17.6. The van der Waals surface area contributed by atoms with Crippen LogP contribution in [0.5, 0.6) is 5.75 Å². The van der Waals surface area contributed by atoms with Crippen LogP contribution in [-0.4, -0.2) is 59.0 Å². The number of phenols is 1. The molecule has 0 bridgehead atoms. The number of anilines is 5. The third kappa shape index (κ3) is 8.99. The zero-order valence-corrected chi connectivity index (χ0v) is 35.3. The van der Waals surface area contributed by atoms with Gasteiger partial charge in [-0.25, -0.2) is 0 Å². The number of fused-ring (bicyclic) bond motifs is 2. The Balaban J connectivity index is 1.27. The number of rotatable bonds is 11. The van der Waals surface area contributed by atoms with Crippen LogP contribution in [0.1, 0.15) is 16.7 Å². The van der Waals surface area contributed by atoms with E-state index in [0.717, 1.165) is 35.9 Å². The summed E-state index contributed by atoms with van der Waals surface area (Å²) in [5, 5.41) is 33.0. The number of benzene rings is 6. The normalized spacial score (nSPS) is 12.5. The standard InChI is InChI=1S/C38H31ClN10O10S3/c1-18-7-10-22(11-8-18)41-37-43-36(39)44-38(45-37)42-23-12-9-19(2)27(17-23)47-49-33-29(61(54,55)56)16-21-15-20(3)32(34(50)30(21)31(33)40)48-46-26-14-13-24-25(35(26)62(57,58)59)5-4-6-28(24)60(51,52)53/h4-17,50H,40H2,1-3H3,(H,51,52,53)(H,54,55,56)(H,57,58,59)(H2,41,42,43,44,45). The molecule has 0 saturated heterocycles. The fraction of sp³-hybridized carbons (Fsp3) is 0.0789. The molecule has 0 atom stereocenters. The molecule has 0 radical (unpaired) electrons. The maximum absolute atomic E-state index is 12.7. The number of aromatic nitrogens is 3. The second-order valence-electron chi connectivity index (χ2n) is 13.6. The minimum atomic E-state index is -5.12. The number of nitrogens with two attached hydrogens (primary N) is 1. The quantitative estimate of drug-likeness (QED) is 0.0361. The largest absolute Gasteiger partial charge is 0.505 e. The van der Waals surface area contributed by atoms with Crippen molar-refractivity contribution in [2.45, 2.75) is 35.5 Å². The van der Waals surface area contributed by atoms with Gasteiger partial charge >= 0.3 is 0 Å². The minimum Gasteiger partial charge on any atom is -0.505 e. The number of hydrogen-bond acceptors (Lipinski definition) is 17. The Bertz CT molecular complexity index is 3410. The number of phenolic OH excluding ortho intramolecular Hbond substituents is 1. The summed E-state index contributed by atoms with van der Waals surface area (Å²) < 4.78 is 105. The fourth-order valence-corrected chi connectivity index (χ4v) is 8.69. The summed E-state index contributed by atoms with van der Waals surface area (Å²) in [6.07, 6.45) is 0. The van der Waals surface area contributed by atoms with Crippen molar-refractivity contribution in [3.63, 3.8) is 0 Å². The van der Waals surface area contributed by atoms with E-state index < -0.39 is 67.9 Å². The van der Waals surface area contributed by atoms with Crippen LogP contribution in [0.3, 0.4) is 0 Å². The maximum atomic E-state index is 12.7. The van der Waals surface area contributed by atoms with E-state index in [1.54, 1.807) is 19.1 Å². The van der Waals surface area contributed by atoms with Crippen molar-refractivity contribution in [1.29, 1.82) is 0 Å². The number of nitrogen functional groups attached to an aromatic ring is 1. The second-order valence-corrected chi connectivity index (χ2v) is 18.1. The molecule has 0 amide bonds. The number of halogens is 1. The lowest BCUT2D eigenvalue weighted by molar-refractivity contribution is 0.480. The Morgan fingerprint density at radius 2 is 1.23 bits per heavy atom. The molecule has 0 aliphatic heterocycles. The van der Waals surface area contributed by atoms with Crippen LogP contribution >= 0.6 is 11.6 Å². The van der Waals surface area contributed by atoms with Gasteiger partial charge in [0.05, 0.1) is 16.8 Å². The molecular formula is C38H31ClN10O10S3. The first-order chi connectivity index (χ1) is 29.1. The molecule has 6 aromatic carbocycles. The molecule has 0 aliphatic rings. The average molecular weight is 919 g/mol. The molecule has 1 aromatic heterocycles. The predicted octanol–water partition coefficient (Wildman–Crippen LogP) is 9.10. The summed E-state index contributed by atoms with van der Waals surface area (Å²) in [5.74, 6) is -0.444. The Hall–Kier alpha value is -6.73. The number of hydrogen-bond donors (Lipinski definition) is 7. The monoisotopic (exact) mass is 918 g/mol. The molecule has 20 nitrogen and oxygen atoms in total. The Kier molecular flexibility index (Phi) is 11.4. The number of aromatic hydroxyl groups is 1. The molecule has 0 aliphatic carbocycles. The molecule has 7 aromatic rings. The highest BCUT2D eigenvalue weighted by atomic mass is 35.5. The highest BCUT2D eigenvalue weighted by Crippen LogP contribution is 2.47. The summed E-state index contributed by atoms with van der Waals surface area (Å²) in [4.78, 5) is 10.4. The van der Waals surface area contributed by atoms with E-state index in [4.69, 9.17) is 17.3 Å². The average Bonchev–Trinajstić information content (AvgIpc) is 3.17. The molecule has 62 heavy (non-hydrogen) atoms. The van der Waals surface area contributed by atoms with Crippen molar-refractivity contribution in [2.75, 3.05) is 16.4 Å². The van der Waals surface area contributed by atoms with Crippen molar-refractivity contribution in [1.82, 2.24) is 15.0 Å². The van der Waals surface area contributed by atoms with E-state index in [1.165, 1.54) is 25.1 Å². The summed E-state index contributed by atoms with van der Waals surface area (Å²) in [5.41, 5.74) is 7.76. The van der Waals surface area contributed by atoms with Crippen LogP contribution in [-0.2, 0) is 30.4 Å². The number of nitrogens with one attached hydrogen (secondary N) is 2. The van der Waals surface area contributed by atoms with E-state index >= 15 is 0 Å². The zero-order valence-electron chi connectivity index (χ0n) is 32.1. The van der Waals surface area contributed by atoms with Crippen LogP contribution in [0.2, 0.25) is 5.28 Å². The molecular weight excluding hydrogens is 888 g/mol. The number of aryl methyl sites for hydroxylation is 3. The second kappa shape index (κ2) is 16.3. The maximum Gasteiger partial charge on any atom is 0.297 e. The first-order valence-corrected chi connectivity index (χ1v) is 22.3. The van der Waals surface area contributed by atoms with Crippen LogP contribution in [0.25, 0.3) is 21.5 Å². The van der Waals surface area contributed by atoms with Gasteiger partial charge in [0.25, 0.3) is 30.4 Å². The highest BCUT2D eigenvalue weighted by Gasteiger charge is 2.26. The van der Waals surface area contributed by atoms with Gasteiger partial charge in [0.15, 0.2) is 5.75 Å².